The summed E-state index contributed by atoms with van der Waals surface area (Å²) >= 11 is 0. The van der Waals surface area contributed by atoms with Gasteiger partial charge < -0.3 is 15.5 Å². The lowest BCUT2D eigenvalue weighted by Gasteiger charge is -2.16. The van der Waals surface area contributed by atoms with E-state index in [1.54, 1.807) is 0 Å². The molecule has 0 saturated heterocycles. The number of nitrogens with zero attached hydrogens (tertiary/aromatic N) is 1. The highest BCUT2D eigenvalue weighted by molar-refractivity contribution is 5.92. The SMILES string of the molecule is CCCC[C@@H](CC(=O)O)NC(=O)c1ccc(O)cn1. The molecule has 0 aliphatic heterocycles. The topological polar surface area (TPSA) is 99.5 Å². The first-order valence-electron chi connectivity index (χ1n) is 6.20. The third-order valence-corrected chi connectivity index (χ3v) is 2.64. The molecule has 6 nitrogen and oxygen atoms in total. The van der Waals surface area contributed by atoms with Crippen molar-refractivity contribution in [2.75, 3.05) is 0 Å². The molecule has 0 radical (unpaired) electrons. The minimum absolute atomic E-state index is 0.0235. The van der Waals surface area contributed by atoms with Crippen molar-refractivity contribution in [2.45, 2.75) is 38.6 Å². The minimum atomic E-state index is -0.944. The van der Waals surface area contributed by atoms with E-state index in [0.717, 1.165) is 12.8 Å². The predicted molar refractivity (Wildman–Crippen MR) is 68.9 cm³/mol. The van der Waals surface area contributed by atoms with E-state index in [1.807, 2.05) is 6.92 Å². The lowest BCUT2D eigenvalue weighted by atomic mass is 10.1. The number of aromatic hydroxyl groups is 1. The van der Waals surface area contributed by atoms with E-state index >= 15 is 0 Å². The van der Waals surface area contributed by atoms with Crippen molar-refractivity contribution in [1.82, 2.24) is 10.3 Å². The highest BCUT2D eigenvalue weighted by atomic mass is 16.4. The predicted octanol–water partition coefficient (Wildman–Crippen LogP) is 1.55. The average molecular weight is 266 g/mol. The molecule has 3 N–H and O–H groups in total. The Morgan fingerprint density at radius 1 is 1.42 bits per heavy atom. The molecule has 6 heteroatoms. The Kier molecular flexibility index (Phi) is 5.78. The van der Waals surface area contributed by atoms with Crippen LogP contribution in [0.5, 0.6) is 5.75 Å². The van der Waals surface area contributed by atoms with Gasteiger partial charge in [-0.15, -0.1) is 0 Å². The van der Waals surface area contributed by atoms with Crippen LogP contribution in [0.25, 0.3) is 0 Å². The van der Waals surface area contributed by atoms with Crippen LogP contribution in [0.1, 0.15) is 43.1 Å². The van der Waals surface area contributed by atoms with Crippen LogP contribution in [-0.2, 0) is 4.79 Å². The first-order valence-corrected chi connectivity index (χ1v) is 6.20. The molecule has 1 aromatic rings. The molecular weight excluding hydrogens is 248 g/mol. The Hall–Kier alpha value is -2.11. The summed E-state index contributed by atoms with van der Waals surface area (Å²) < 4.78 is 0. The van der Waals surface area contributed by atoms with Crippen molar-refractivity contribution in [2.24, 2.45) is 0 Å². The number of carboxylic acid groups (broad SMARTS) is 1. The average Bonchev–Trinajstić information content (AvgIpc) is 2.36. The summed E-state index contributed by atoms with van der Waals surface area (Å²) in [6.07, 6.45) is 3.47. The first kappa shape index (κ1) is 14.9. The van der Waals surface area contributed by atoms with Crippen LogP contribution in [0, 0.1) is 0 Å². The lowest BCUT2D eigenvalue weighted by Crippen LogP contribution is -2.36. The minimum Gasteiger partial charge on any atom is -0.506 e. The maximum atomic E-state index is 11.9. The molecule has 1 amide bonds. The van der Waals surface area contributed by atoms with Gasteiger partial charge in [0.2, 0.25) is 0 Å². The van der Waals surface area contributed by atoms with E-state index in [2.05, 4.69) is 10.3 Å². The number of carbonyl (C=O) groups excluding carboxylic acids is 1. The molecular formula is C13H18N2O4. The van der Waals surface area contributed by atoms with Gasteiger partial charge in [0.25, 0.3) is 5.91 Å². The summed E-state index contributed by atoms with van der Waals surface area (Å²) in [6.45, 7) is 2.00. The number of carbonyl (C=O) groups is 2. The highest BCUT2D eigenvalue weighted by Crippen LogP contribution is 2.08. The van der Waals surface area contributed by atoms with Crippen molar-refractivity contribution in [3.05, 3.63) is 24.0 Å². The Bertz CT molecular complexity index is 431. The van der Waals surface area contributed by atoms with Crippen molar-refractivity contribution in [3.63, 3.8) is 0 Å². The van der Waals surface area contributed by atoms with Gasteiger partial charge in [0.05, 0.1) is 12.6 Å². The van der Waals surface area contributed by atoms with Crippen LogP contribution in [-0.4, -0.2) is 33.1 Å². The fourth-order valence-corrected chi connectivity index (χ4v) is 1.67. The van der Waals surface area contributed by atoms with Crippen molar-refractivity contribution < 1.29 is 19.8 Å². The first-order chi connectivity index (χ1) is 9.02. The number of carboxylic acids is 1. The second-order valence-electron chi connectivity index (χ2n) is 4.31. The maximum Gasteiger partial charge on any atom is 0.305 e. The summed E-state index contributed by atoms with van der Waals surface area (Å²) in [5, 5.41) is 20.5. The molecule has 0 bridgehead atoms. The van der Waals surface area contributed by atoms with E-state index in [-0.39, 0.29) is 17.9 Å². The summed E-state index contributed by atoms with van der Waals surface area (Å²) in [5.74, 6) is -1.40. The molecule has 0 fully saturated rings. The van der Waals surface area contributed by atoms with E-state index < -0.39 is 17.9 Å². The van der Waals surface area contributed by atoms with Crippen LogP contribution in [0.3, 0.4) is 0 Å². The van der Waals surface area contributed by atoms with Gasteiger partial charge in [-0.3, -0.25) is 9.59 Å². The van der Waals surface area contributed by atoms with Gasteiger partial charge in [-0.2, -0.15) is 0 Å². The van der Waals surface area contributed by atoms with Gasteiger partial charge in [0.15, 0.2) is 0 Å². The van der Waals surface area contributed by atoms with Gasteiger partial charge in [-0.1, -0.05) is 19.8 Å². The van der Waals surface area contributed by atoms with Gasteiger partial charge in [-0.25, -0.2) is 4.98 Å². The number of pyridine rings is 1. The van der Waals surface area contributed by atoms with E-state index in [0.29, 0.717) is 6.42 Å². The monoisotopic (exact) mass is 266 g/mol. The fourth-order valence-electron chi connectivity index (χ4n) is 1.67. The second kappa shape index (κ2) is 7.35. The third-order valence-electron chi connectivity index (χ3n) is 2.64. The molecule has 1 atom stereocenters. The van der Waals surface area contributed by atoms with Crippen LogP contribution >= 0.6 is 0 Å². The number of amides is 1. The zero-order valence-electron chi connectivity index (χ0n) is 10.8. The van der Waals surface area contributed by atoms with Crippen LogP contribution in [0.4, 0.5) is 0 Å². The highest BCUT2D eigenvalue weighted by Gasteiger charge is 2.17. The van der Waals surface area contributed by atoms with Gasteiger partial charge in [0, 0.05) is 6.04 Å². The van der Waals surface area contributed by atoms with Gasteiger partial charge >= 0.3 is 5.97 Å². The molecule has 1 aromatic heterocycles. The van der Waals surface area contributed by atoms with Crippen LogP contribution in [0.15, 0.2) is 18.3 Å². The van der Waals surface area contributed by atoms with E-state index in [9.17, 15) is 9.59 Å². The summed E-state index contributed by atoms with van der Waals surface area (Å²) in [5.41, 5.74) is 0.157. The zero-order chi connectivity index (χ0) is 14.3. The number of aromatic nitrogens is 1. The van der Waals surface area contributed by atoms with E-state index in [4.69, 9.17) is 10.2 Å². The second-order valence-corrected chi connectivity index (χ2v) is 4.31. The molecule has 0 aromatic carbocycles. The Morgan fingerprint density at radius 3 is 2.68 bits per heavy atom. The number of hydrogen-bond acceptors (Lipinski definition) is 4. The molecule has 1 rings (SSSR count). The Morgan fingerprint density at radius 2 is 2.16 bits per heavy atom. The quantitative estimate of drug-likeness (QED) is 0.695. The van der Waals surface area contributed by atoms with Gasteiger partial charge in [0.1, 0.15) is 11.4 Å². The lowest BCUT2D eigenvalue weighted by molar-refractivity contribution is -0.137. The fraction of sp³-hybridized carbons (Fsp3) is 0.462. The molecule has 0 saturated carbocycles. The molecule has 0 aliphatic carbocycles. The number of nitrogens with one attached hydrogen (secondary N) is 1. The molecule has 1 heterocycles. The van der Waals surface area contributed by atoms with Crippen molar-refractivity contribution >= 4 is 11.9 Å². The number of unbranched alkanes of at least 4 members (excludes halogenated alkanes) is 1. The number of aliphatic carboxylic acids is 1. The maximum absolute atomic E-state index is 11.9. The van der Waals surface area contributed by atoms with Crippen LogP contribution in [0.2, 0.25) is 0 Å². The summed E-state index contributed by atoms with van der Waals surface area (Å²) in [4.78, 5) is 26.4. The van der Waals surface area contributed by atoms with Crippen molar-refractivity contribution in [1.29, 1.82) is 0 Å². The standard InChI is InChI=1S/C13H18N2O4/c1-2-3-4-9(7-12(17)18)15-13(19)11-6-5-10(16)8-14-11/h5-6,8-9,16H,2-4,7H2,1H3,(H,15,19)(H,17,18)/t9-/m0/s1. The molecule has 104 valence electrons. The molecule has 0 unspecified atom stereocenters. The third kappa shape index (κ3) is 5.37. The van der Waals surface area contributed by atoms with E-state index in [1.165, 1.54) is 18.3 Å². The van der Waals surface area contributed by atoms with Gasteiger partial charge in [-0.05, 0) is 18.6 Å². The smallest absolute Gasteiger partial charge is 0.305 e. The largest absolute Gasteiger partial charge is 0.506 e. The Balaban J connectivity index is 2.63. The molecule has 0 aliphatic rings. The Labute approximate surface area is 111 Å². The number of hydrogen-bond donors (Lipinski definition) is 3. The zero-order valence-corrected chi connectivity index (χ0v) is 10.8. The summed E-state index contributed by atoms with van der Waals surface area (Å²) in [6, 6.07) is 2.35. The van der Waals surface area contributed by atoms with Crippen LogP contribution < -0.4 is 5.32 Å². The molecule has 0 spiro atoms. The normalized spacial score (nSPS) is 11.8. The van der Waals surface area contributed by atoms with Crippen molar-refractivity contribution in [3.8, 4) is 5.75 Å². The summed E-state index contributed by atoms with van der Waals surface area (Å²) in [7, 11) is 0. The number of rotatable bonds is 7. The molecule has 19 heavy (non-hydrogen) atoms.